The second-order valence-corrected chi connectivity index (χ2v) is 12.2. The van der Waals surface area contributed by atoms with Crippen LogP contribution in [-0.4, -0.2) is 57.7 Å². The summed E-state index contributed by atoms with van der Waals surface area (Å²) in [5.74, 6) is -3.34. The van der Waals surface area contributed by atoms with Crippen molar-refractivity contribution in [3.05, 3.63) is 79.9 Å². The molecule has 1 aliphatic carbocycles. The molecule has 4 N–H and O–H groups in total. The van der Waals surface area contributed by atoms with Crippen molar-refractivity contribution in [2.24, 2.45) is 22.7 Å². The predicted octanol–water partition coefficient (Wildman–Crippen LogP) is 3.27. The van der Waals surface area contributed by atoms with Gasteiger partial charge in [0.2, 0.25) is 0 Å². The smallest absolute Gasteiger partial charge is 0.320 e. The van der Waals surface area contributed by atoms with Crippen LogP contribution in [0.1, 0.15) is 60.3 Å². The van der Waals surface area contributed by atoms with Crippen LogP contribution in [0.5, 0.6) is 0 Å². The van der Waals surface area contributed by atoms with E-state index < -0.39 is 23.9 Å². The Hall–Kier alpha value is -4.66. The Morgan fingerprint density at radius 2 is 1.82 bits per heavy atom. The molecule has 8 bridgehead atoms. The third-order valence-corrected chi connectivity index (χ3v) is 10.0. The summed E-state index contributed by atoms with van der Waals surface area (Å²) in [5, 5.41) is 15.0. The zero-order valence-corrected chi connectivity index (χ0v) is 25.8. The van der Waals surface area contributed by atoms with Crippen molar-refractivity contribution in [2.45, 2.75) is 59.0 Å². The number of aromatic amines is 2. The molecule has 6 rings (SSSR count). The first-order valence-electron chi connectivity index (χ1n) is 15.0. The van der Waals surface area contributed by atoms with Crippen LogP contribution in [0.2, 0.25) is 0 Å². The van der Waals surface area contributed by atoms with Crippen LogP contribution >= 0.6 is 0 Å². The molecule has 9 heteroatoms. The van der Waals surface area contributed by atoms with Crippen LogP contribution in [0.15, 0.2) is 40.6 Å². The fraction of sp³-hybridized carbons (Fsp3) is 0.371. The number of nitrogens with zero attached hydrogens (tertiary/aromatic N) is 1. The lowest BCUT2D eigenvalue weighted by atomic mass is 9.79. The molecular formula is C35H38N4O5. The number of methoxy groups -OCH3 is 1. The molecule has 228 valence electrons. The highest BCUT2D eigenvalue weighted by molar-refractivity contribution is 6.18. The largest absolute Gasteiger partial charge is 0.481 e. The lowest BCUT2D eigenvalue weighted by Crippen LogP contribution is -2.34. The zero-order chi connectivity index (χ0) is 31.6. The summed E-state index contributed by atoms with van der Waals surface area (Å²) in [6, 6.07) is -0.782. The second kappa shape index (κ2) is 10.8. The molecule has 0 radical (unpaired) electrons. The number of ether oxygens (including phenoxy) is 1. The van der Waals surface area contributed by atoms with Gasteiger partial charge in [-0.05, 0) is 67.5 Å². The van der Waals surface area contributed by atoms with Gasteiger partial charge in [0.25, 0.3) is 0 Å². The van der Waals surface area contributed by atoms with E-state index in [-0.39, 0.29) is 30.1 Å². The summed E-state index contributed by atoms with van der Waals surface area (Å²) in [4.78, 5) is 51.3. The molecule has 0 saturated heterocycles. The number of aliphatic imine (C=N–C) groups is 1. The van der Waals surface area contributed by atoms with E-state index >= 15 is 0 Å². The SMILES string of the molecule is C=Cc1c2[nH]c(c1C)/C=c1\[nH]/c(c(C)c1C=C)=C\C1=NC(C3=C4NC(C2)C(C)=C4C(=O)[C@H]3C(=O)OC)[C@@H](CCC(=O)O)[C@H]1C. The average Bonchev–Trinajstić information content (AvgIpc) is 3.72. The molecule has 0 aromatic carbocycles. The minimum absolute atomic E-state index is 0.0502. The van der Waals surface area contributed by atoms with Crippen molar-refractivity contribution in [1.29, 1.82) is 0 Å². The molecule has 0 amide bonds. The number of carbonyl (C=O) groups excluding carboxylic acids is 2. The van der Waals surface area contributed by atoms with Crippen LogP contribution in [0.4, 0.5) is 0 Å². The van der Waals surface area contributed by atoms with Crippen LogP contribution in [0, 0.1) is 31.6 Å². The number of fused-ring (bicyclic) bond motifs is 7. The topological polar surface area (TPSA) is 137 Å². The average molecular weight is 595 g/mol. The fourth-order valence-corrected chi connectivity index (χ4v) is 7.56. The second-order valence-electron chi connectivity index (χ2n) is 12.2. The fourth-order valence-electron chi connectivity index (χ4n) is 7.56. The Kier molecular flexibility index (Phi) is 7.22. The van der Waals surface area contributed by atoms with Crippen molar-refractivity contribution < 1.29 is 24.2 Å². The van der Waals surface area contributed by atoms with E-state index in [1.54, 1.807) is 0 Å². The van der Waals surface area contributed by atoms with Crippen LogP contribution in [0.3, 0.4) is 0 Å². The number of aromatic nitrogens is 2. The van der Waals surface area contributed by atoms with E-state index in [0.29, 0.717) is 29.7 Å². The molecule has 2 aromatic heterocycles. The minimum atomic E-state index is -1.14. The molecule has 44 heavy (non-hydrogen) atoms. The maximum atomic E-state index is 14.0. The maximum absolute atomic E-state index is 14.0. The lowest BCUT2D eigenvalue weighted by Gasteiger charge is -2.26. The molecule has 5 atom stereocenters. The van der Waals surface area contributed by atoms with Gasteiger partial charge in [-0.1, -0.05) is 32.2 Å². The van der Waals surface area contributed by atoms with E-state index in [2.05, 4.69) is 41.4 Å². The highest BCUT2D eigenvalue weighted by Gasteiger charge is 2.53. The van der Waals surface area contributed by atoms with E-state index in [1.165, 1.54) is 7.11 Å². The number of hydrogen-bond acceptors (Lipinski definition) is 6. The van der Waals surface area contributed by atoms with Crippen LogP contribution in [0.25, 0.3) is 24.3 Å². The number of esters is 1. The van der Waals surface area contributed by atoms with E-state index in [1.807, 2.05) is 39.0 Å². The Morgan fingerprint density at radius 1 is 1.09 bits per heavy atom. The monoisotopic (exact) mass is 594 g/mol. The van der Waals surface area contributed by atoms with Crippen molar-refractivity contribution in [3.63, 3.8) is 0 Å². The van der Waals surface area contributed by atoms with Gasteiger partial charge in [0.05, 0.1) is 19.2 Å². The number of carboxylic acids is 1. The van der Waals surface area contributed by atoms with E-state index in [9.17, 15) is 19.5 Å². The van der Waals surface area contributed by atoms with Gasteiger partial charge in [-0.15, -0.1) is 0 Å². The Balaban J connectivity index is 1.66. The summed E-state index contributed by atoms with van der Waals surface area (Å²) in [6.07, 6.45) is 8.64. The summed E-state index contributed by atoms with van der Waals surface area (Å²) in [5.41, 5.74) is 9.34. The van der Waals surface area contributed by atoms with Crippen molar-refractivity contribution >= 4 is 47.7 Å². The van der Waals surface area contributed by atoms with Crippen LogP contribution in [-0.2, 0) is 25.5 Å². The molecule has 0 spiro atoms. The molecule has 0 saturated carbocycles. The maximum Gasteiger partial charge on any atom is 0.320 e. The Bertz CT molecular complexity index is 1880. The van der Waals surface area contributed by atoms with Gasteiger partial charge in [-0.25, -0.2) is 0 Å². The van der Waals surface area contributed by atoms with Gasteiger partial charge >= 0.3 is 11.9 Å². The van der Waals surface area contributed by atoms with E-state index in [4.69, 9.17) is 9.73 Å². The van der Waals surface area contributed by atoms with Gasteiger partial charge in [-0.2, -0.15) is 0 Å². The minimum Gasteiger partial charge on any atom is -0.481 e. The molecule has 2 unspecified atom stereocenters. The summed E-state index contributed by atoms with van der Waals surface area (Å²) in [6.45, 7) is 16.2. The molecule has 5 heterocycles. The molecule has 3 aliphatic heterocycles. The Morgan fingerprint density at radius 3 is 2.48 bits per heavy atom. The van der Waals surface area contributed by atoms with Gasteiger partial charge in [0, 0.05) is 69.0 Å². The number of carboxylic acid groups (broad SMARTS) is 1. The number of Topliss-reactive ketones (excluding diaryl/α,β-unsaturated/α-hetero) is 1. The number of nitrogens with one attached hydrogen (secondary N) is 3. The number of allylic oxidation sites excluding steroid dienone is 1. The number of aliphatic carboxylic acids is 1. The molecule has 9 nitrogen and oxygen atoms in total. The summed E-state index contributed by atoms with van der Waals surface area (Å²) < 4.78 is 5.15. The number of rotatable bonds is 6. The lowest BCUT2D eigenvalue weighted by molar-refractivity contribution is -0.147. The third-order valence-electron chi connectivity index (χ3n) is 10.0. The van der Waals surface area contributed by atoms with Crippen molar-refractivity contribution in [2.75, 3.05) is 7.11 Å². The highest BCUT2D eigenvalue weighted by atomic mass is 16.5. The number of hydrogen-bond donors (Lipinski definition) is 4. The quantitative estimate of drug-likeness (QED) is 0.299. The van der Waals surface area contributed by atoms with Gasteiger partial charge in [-0.3, -0.25) is 19.4 Å². The molecular weight excluding hydrogens is 556 g/mol. The highest BCUT2D eigenvalue weighted by Crippen LogP contribution is 2.47. The molecule has 2 aromatic rings. The van der Waals surface area contributed by atoms with Gasteiger partial charge in [0.1, 0.15) is 5.92 Å². The normalized spacial score (nSPS) is 26.9. The summed E-state index contributed by atoms with van der Waals surface area (Å²) >= 11 is 0. The Labute approximate surface area is 255 Å². The van der Waals surface area contributed by atoms with Gasteiger partial charge in [0.15, 0.2) is 5.78 Å². The number of carbonyl (C=O) groups is 3. The number of ketones is 1. The molecule has 4 aliphatic rings. The first kappa shape index (κ1) is 29.4. The first-order chi connectivity index (χ1) is 21.0. The van der Waals surface area contributed by atoms with Gasteiger partial charge < -0.3 is 25.1 Å². The predicted molar refractivity (Wildman–Crippen MR) is 170 cm³/mol. The van der Waals surface area contributed by atoms with E-state index in [0.717, 1.165) is 55.6 Å². The third kappa shape index (κ3) is 4.36. The number of H-pyrrole nitrogens is 2. The summed E-state index contributed by atoms with van der Waals surface area (Å²) in [7, 11) is 1.28. The standard InChI is InChI=1S/C35H38N4O5/c1-8-19-15(3)22-12-24-17(5)21(10-11-28(40)41)32(38-24)30-31(35(43)44-7)34(42)29-18(6)25(39-33(29)30)14-27-20(9-2)16(4)23(37-27)13-26(19)36-22/h8-9,12-13,17,21,25,31-32,36-37,39H,1-2,10-11,14H2,3-7H3,(H,40,41)/b22-12-,26-13-/t17-,21+,25?,31+,32?/m1/s1. The van der Waals surface area contributed by atoms with Crippen LogP contribution < -0.4 is 16.0 Å². The van der Waals surface area contributed by atoms with Crippen molar-refractivity contribution in [3.8, 4) is 0 Å². The molecule has 0 fully saturated rings. The van der Waals surface area contributed by atoms with Crippen molar-refractivity contribution in [1.82, 2.24) is 15.3 Å². The first-order valence-corrected chi connectivity index (χ1v) is 15.0. The zero-order valence-electron chi connectivity index (χ0n) is 25.8.